The first kappa shape index (κ1) is 14.5. The Morgan fingerprint density at radius 2 is 1.38 bits per heavy atom. The predicted octanol–water partition coefficient (Wildman–Crippen LogP) is 5.17. The fraction of sp³-hybridized carbons (Fsp3) is 1.00. The van der Waals surface area contributed by atoms with Gasteiger partial charge in [0.2, 0.25) is 0 Å². The van der Waals surface area contributed by atoms with E-state index in [-0.39, 0.29) is 11.5 Å². The maximum absolute atomic E-state index is 10.6. The van der Waals surface area contributed by atoms with E-state index in [1.165, 1.54) is 57.8 Å². The third kappa shape index (κ3) is 1.73. The van der Waals surface area contributed by atoms with Gasteiger partial charge < -0.3 is 5.11 Å². The summed E-state index contributed by atoms with van der Waals surface area (Å²) in [6, 6.07) is 0. The monoisotopic (exact) mass is 290 g/mol. The van der Waals surface area contributed by atoms with E-state index in [1.54, 1.807) is 0 Å². The van der Waals surface area contributed by atoms with Crippen molar-refractivity contribution in [2.24, 2.45) is 34.0 Å². The van der Waals surface area contributed by atoms with Gasteiger partial charge in [-0.25, -0.2) is 0 Å². The van der Waals surface area contributed by atoms with E-state index >= 15 is 0 Å². The Kier molecular flexibility index (Phi) is 3.11. The summed E-state index contributed by atoms with van der Waals surface area (Å²) in [6.07, 6.45) is 13.8. The average Bonchev–Trinajstić information content (AvgIpc) is 2.75. The molecular weight excluding hydrogens is 256 g/mol. The van der Waals surface area contributed by atoms with E-state index in [0.29, 0.717) is 10.8 Å². The highest BCUT2D eigenvalue weighted by Gasteiger charge is 2.64. The summed E-state index contributed by atoms with van der Waals surface area (Å²) < 4.78 is 0. The Balaban J connectivity index is 1.72. The molecule has 120 valence electrons. The summed E-state index contributed by atoms with van der Waals surface area (Å²) in [5.41, 5.74) is 1.34. The van der Waals surface area contributed by atoms with Crippen molar-refractivity contribution in [1.29, 1.82) is 0 Å². The maximum Gasteiger partial charge on any atom is 0.0596 e. The molecule has 4 saturated carbocycles. The molecule has 0 bridgehead atoms. The van der Waals surface area contributed by atoms with Gasteiger partial charge in [0.1, 0.15) is 0 Å². The Bertz CT molecular complexity index is 432. The smallest absolute Gasteiger partial charge is 0.0596 e. The Morgan fingerprint density at radius 1 is 0.667 bits per heavy atom. The fourth-order valence-electron chi connectivity index (χ4n) is 7.95. The summed E-state index contributed by atoms with van der Waals surface area (Å²) in [4.78, 5) is 0. The van der Waals surface area contributed by atoms with Gasteiger partial charge in [0.05, 0.1) is 6.10 Å². The van der Waals surface area contributed by atoms with Gasteiger partial charge in [0.25, 0.3) is 0 Å². The molecule has 4 unspecified atom stereocenters. The molecule has 7 atom stereocenters. The first-order valence-corrected chi connectivity index (χ1v) is 9.59. The SMILES string of the molecule is CC12CCC3CCCC[C@]3(C)C1CC[C@@]1(C)C2CC[C@@H]1O. The summed E-state index contributed by atoms with van der Waals surface area (Å²) in [5.74, 6) is 2.70. The summed E-state index contributed by atoms with van der Waals surface area (Å²) >= 11 is 0. The lowest BCUT2D eigenvalue weighted by atomic mass is 9.40. The van der Waals surface area contributed by atoms with Crippen LogP contribution in [0.3, 0.4) is 0 Å². The third-order valence-electron chi connectivity index (χ3n) is 9.13. The Morgan fingerprint density at radius 3 is 2.19 bits per heavy atom. The maximum atomic E-state index is 10.6. The molecule has 0 radical (unpaired) electrons. The molecule has 0 aromatic carbocycles. The molecule has 4 fully saturated rings. The van der Waals surface area contributed by atoms with Crippen LogP contribution in [0.4, 0.5) is 0 Å². The van der Waals surface area contributed by atoms with Crippen LogP contribution >= 0.6 is 0 Å². The minimum atomic E-state index is -0.0304. The number of aliphatic hydroxyl groups is 1. The van der Waals surface area contributed by atoms with Gasteiger partial charge >= 0.3 is 0 Å². The molecule has 4 aliphatic carbocycles. The molecule has 0 aliphatic heterocycles. The molecule has 0 amide bonds. The number of rotatable bonds is 0. The Hall–Kier alpha value is -0.0400. The zero-order valence-electron chi connectivity index (χ0n) is 14.3. The summed E-state index contributed by atoms with van der Waals surface area (Å²) in [5, 5.41) is 10.6. The molecular formula is C20H34O. The fourth-order valence-corrected chi connectivity index (χ4v) is 7.95. The quantitative estimate of drug-likeness (QED) is 0.652. The highest BCUT2D eigenvalue weighted by Crippen LogP contribution is 2.71. The van der Waals surface area contributed by atoms with Crippen LogP contribution in [0.2, 0.25) is 0 Å². The van der Waals surface area contributed by atoms with E-state index in [9.17, 15) is 5.11 Å². The van der Waals surface area contributed by atoms with Crippen LogP contribution in [-0.4, -0.2) is 11.2 Å². The van der Waals surface area contributed by atoms with E-state index in [0.717, 1.165) is 24.2 Å². The van der Waals surface area contributed by atoms with Crippen LogP contribution in [0, 0.1) is 34.0 Å². The first-order valence-electron chi connectivity index (χ1n) is 9.59. The highest BCUT2D eigenvalue weighted by atomic mass is 16.3. The van der Waals surface area contributed by atoms with Crippen LogP contribution in [0.1, 0.15) is 85.0 Å². The minimum Gasteiger partial charge on any atom is -0.393 e. The molecule has 0 aromatic heterocycles. The zero-order chi connectivity index (χ0) is 14.9. The van der Waals surface area contributed by atoms with Gasteiger partial charge in [0, 0.05) is 0 Å². The molecule has 4 rings (SSSR count). The molecule has 1 nitrogen and oxygen atoms in total. The van der Waals surface area contributed by atoms with Crippen LogP contribution in [0.25, 0.3) is 0 Å². The molecule has 0 saturated heterocycles. The van der Waals surface area contributed by atoms with Gasteiger partial charge in [-0.2, -0.15) is 0 Å². The largest absolute Gasteiger partial charge is 0.393 e. The normalized spacial score (nSPS) is 60.0. The van der Waals surface area contributed by atoms with Crippen LogP contribution in [-0.2, 0) is 0 Å². The molecule has 4 aliphatic rings. The lowest BCUT2D eigenvalue weighted by molar-refractivity contribution is -0.170. The third-order valence-corrected chi connectivity index (χ3v) is 9.13. The van der Waals surface area contributed by atoms with E-state index in [2.05, 4.69) is 20.8 Å². The van der Waals surface area contributed by atoms with Crippen molar-refractivity contribution in [3.8, 4) is 0 Å². The first-order chi connectivity index (χ1) is 9.91. The van der Waals surface area contributed by atoms with E-state index < -0.39 is 0 Å². The number of fused-ring (bicyclic) bond motifs is 5. The molecule has 0 aromatic rings. The number of aliphatic hydroxyl groups excluding tert-OH is 1. The zero-order valence-corrected chi connectivity index (χ0v) is 14.3. The van der Waals surface area contributed by atoms with Gasteiger partial charge in [-0.3, -0.25) is 0 Å². The van der Waals surface area contributed by atoms with E-state index in [1.807, 2.05) is 0 Å². The molecule has 0 heterocycles. The second kappa shape index (κ2) is 4.49. The highest BCUT2D eigenvalue weighted by molar-refractivity contribution is 5.13. The van der Waals surface area contributed by atoms with Gasteiger partial charge in [-0.15, -0.1) is 0 Å². The topological polar surface area (TPSA) is 20.2 Å². The molecule has 1 heteroatoms. The Labute approximate surface area is 130 Å². The minimum absolute atomic E-state index is 0.0304. The van der Waals surface area contributed by atoms with Crippen molar-refractivity contribution in [3.05, 3.63) is 0 Å². The molecule has 1 N–H and O–H groups in total. The number of hydrogen-bond donors (Lipinski definition) is 1. The molecule has 0 spiro atoms. The predicted molar refractivity (Wildman–Crippen MR) is 87.0 cm³/mol. The van der Waals surface area contributed by atoms with E-state index in [4.69, 9.17) is 0 Å². The van der Waals surface area contributed by atoms with Crippen LogP contribution < -0.4 is 0 Å². The van der Waals surface area contributed by atoms with Gasteiger partial charge in [-0.05, 0) is 85.4 Å². The van der Waals surface area contributed by atoms with Crippen molar-refractivity contribution in [2.45, 2.75) is 91.1 Å². The lowest BCUT2D eigenvalue weighted by Crippen LogP contribution is -2.58. The van der Waals surface area contributed by atoms with Gasteiger partial charge in [-0.1, -0.05) is 33.6 Å². The standard InChI is InChI=1S/C20H34O/c1-18-11-5-4-6-14(18)9-12-19(2)15-7-8-17(21)20(15,3)13-10-16(18)19/h14-17,21H,4-13H2,1-3H3/t14?,15?,16?,17-,18-,19?,20-/m0/s1. The van der Waals surface area contributed by atoms with Crippen molar-refractivity contribution in [2.75, 3.05) is 0 Å². The van der Waals surface area contributed by atoms with Crippen molar-refractivity contribution < 1.29 is 5.11 Å². The van der Waals surface area contributed by atoms with Crippen molar-refractivity contribution in [3.63, 3.8) is 0 Å². The lowest BCUT2D eigenvalue weighted by Gasteiger charge is -2.65. The average molecular weight is 290 g/mol. The molecule has 21 heavy (non-hydrogen) atoms. The second-order valence-corrected chi connectivity index (χ2v) is 9.74. The van der Waals surface area contributed by atoms with Gasteiger partial charge in [0.15, 0.2) is 0 Å². The van der Waals surface area contributed by atoms with Crippen LogP contribution in [0.5, 0.6) is 0 Å². The summed E-state index contributed by atoms with van der Waals surface area (Å²) in [6.45, 7) is 7.67. The second-order valence-electron chi connectivity index (χ2n) is 9.74. The number of hydrogen-bond acceptors (Lipinski definition) is 1. The van der Waals surface area contributed by atoms with Crippen LogP contribution in [0.15, 0.2) is 0 Å². The van der Waals surface area contributed by atoms with Crippen molar-refractivity contribution >= 4 is 0 Å². The summed E-state index contributed by atoms with van der Waals surface area (Å²) in [7, 11) is 0. The van der Waals surface area contributed by atoms with Crippen molar-refractivity contribution in [1.82, 2.24) is 0 Å².